The van der Waals surface area contributed by atoms with Crippen molar-refractivity contribution in [3.63, 3.8) is 0 Å². The van der Waals surface area contributed by atoms with Crippen LogP contribution >= 0.6 is 0 Å². The lowest BCUT2D eigenvalue weighted by molar-refractivity contribution is -0.137. The smallest absolute Gasteiger partial charge is 0.303 e. The van der Waals surface area contributed by atoms with Crippen LogP contribution in [0.4, 0.5) is 4.39 Å². The molecule has 2 aromatic rings. The van der Waals surface area contributed by atoms with Crippen LogP contribution in [0.25, 0.3) is 0 Å². The number of halogens is 1. The van der Waals surface area contributed by atoms with Crippen molar-refractivity contribution < 1.29 is 28.6 Å². The minimum absolute atomic E-state index is 0.0414. The Balaban J connectivity index is 1.61. The van der Waals surface area contributed by atoms with E-state index in [9.17, 15) is 14.0 Å². The number of ether oxygens (including phenoxy) is 2. The Kier molecular flexibility index (Phi) is 5.36. The summed E-state index contributed by atoms with van der Waals surface area (Å²) in [6.45, 7) is 0.452. The second-order valence-corrected chi connectivity index (χ2v) is 6.02. The lowest BCUT2D eigenvalue weighted by Crippen LogP contribution is -2.25. The zero-order valence-corrected chi connectivity index (χ0v) is 13.9. The highest BCUT2D eigenvalue weighted by atomic mass is 19.1. The first-order valence-electron chi connectivity index (χ1n) is 8.14. The number of fused-ring (bicyclic) bond motifs is 1. The Bertz CT molecular complexity index is 823. The minimum atomic E-state index is -1.04. The average Bonchev–Trinajstić information content (AvgIpc) is 3.07. The Labute approximate surface area is 149 Å². The van der Waals surface area contributed by atoms with Gasteiger partial charge in [0, 0.05) is 18.9 Å². The summed E-state index contributed by atoms with van der Waals surface area (Å²) in [5.41, 5.74) is 1.33. The number of carbonyl (C=O) groups excluding carboxylic acids is 1. The van der Waals surface area contributed by atoms with Crippen molar-refractivity contribution in [1.29, 1.82) is 0 Å². The lowest BCUT2D eigenvalue weighted by atomic mass is 9.92. The number of rotatable bonds is 7. The van der Waals surface area contributed by atoms with Crippen LogP contribution in [0.15, 0.2) is 42.5 Å². The van der Waals surface area contributed by atoms with Crippen molar-refractivity contribution in [3.8, 4) is 11.5 Å². The van der Waals surface area contributed by atoms with E-state index in [4.69, 9.17) is 14.6 Å². The van der Waals surface area contributed by atoms with Gasteiger partial charge in [-0.25, -0.2) is 4.39 Å². The summed E-state index contributed by atoms with van der Waals surface area (Å²) in [7, 11) is 0. The number of carboxylic acids is 1. The molecule has 6 nitrogen and oxygen atoms in total. The molecule has 136 valence electrons. The van der Waals surface area contributed by atoms with Crippen LogP contribution in [0.1, 0.15) is 29.9 Å². The predicted octanol–water partition coefficient (Wildman–Crippen LogP) is 2.82. The highest BCUT2D eigenvalue weighted by molar-refractivity contribution is 5.78. The standard InChI is InChI=1S/C19H18FNO5/c20-15-3-1-2-13(7-15)14(9-19(23)24)8-18(22)21-10-12-4-5-16-17(6-12)26-11-25-16/h1-7,14H,8-11H2,(H,21,22)(H,23,24). The van der Waals surface area contributed by atoms with Crippen LogP contribution in [0, 0.1) is 5.82 Å². The molecule has 2 aromatic carbocycles. The van der Waals surface area contributed by atoms with Gasteiger partial charge in [-0.3, -0.25) is 9.59 Å². The molecule has 0 bridgehead atoms. The van der Waals surface area contributed by atoms with Gasteiger partial charge >= 0.3 is 5.97 Å². The quantitative estimate of drug-likeness (QED) is 0.794. The molecule has 2 N–H and O–H groups in total. The summed E-state index contributed by atoms with van der Waals surface area (Å²) in [5, 5.41) is 11.8. The van der Waals surface area contributed by atoms with Crippen molar-refractivity contribution in [2.75, 3.05) is 6.79 Å². The summed E-state index contributed by atoms with van der Waals surface area (Å²) in [4.78, 5) is 23.3. The molecule has 0 radical (unpaired) electrons. The van der Waals surface area contributed by atoms with Crippen molar-refractivity contribution >= 4 is 11.9 Å². The molecule has 0 aromatic heterocycles. The number of aliphatic carboxylic acids is 1. The minimum Gasteiger partial charge on any atom is -0.481 e. The average molecular weight is 359 g/mol. The van der Waals surface area contributed by atoms with Crippen LogP contribution in [-0.4, -0.2) is 23.8 Å². The highest BCUT2D eigenvalue weighted by Crippen LogP contribution is 2.32. The van der Waals surface area contributed by atoms with Crippen LogP contribution < -0.4 is 14.8 Å². The topological polar surface area (TPSA) is 84.9 Å². The molecular weight excluding hydrogens is 341 g/mol. The van der Waals surface area contributed by atoms with Gasteiger partial charge in [-0.15, -0.1) is 0 Å². The number of hydrogen-bond donors (Lipinski definition) is 2. The van der Waals surface area contributed by atoms with Gasteiger partial charge in [-0.05, 0) is 35.4 Å². The van der Waals surface area contributed by atoms with E-state index in [1.54, 1.807) is 18.2 Å². The third-order valence-electron chi connectivity index (χ3n) is 4.10. The molecule has 1 atom stereocenters. The number of amides is 1. The van der Waals surface area contributed by atoms with Crippen LogP contribution in [-0.2, 0) is 16.1 Å². The monoisotopic (exact) mass is 359 g/mol. The van der Waals surface area contributed by atoms with Crippen molar-refractivity contribution in [2.24, 2.45) is 0 Å². The molecule has 0 spiro atoms. The molecule has 0 saturated heterocycles. The highest BCUT2D eigenvalue weighted by Gasteiger charge is 2.20. The van der Waals surface area contributed by atoms with E-state index in [2.05, 4.69) is 5.32 Å². The fourth-order valence-corrected chi connectivity index (χ4v) is 2.83. The van der Waals surface area contributed by atoms with Crippen LogP contribution in [0.2, 0.25) is 0 Å². The molecular formula is C19H18FNO5. The normalized spacial score (nSPS) is 13.3. The Morgan fingerprint density at radius 2 is 1.92 bits per heavy atom. The largest absolute Gasteiger partial charge is 0.481 e. The lowest BCUT2D eigenvalue weighted by Gasteiger charge is -2.15. The first-order chi connectivity index (χ1) is 12.5. The van der Waals surface area contributed by atoms with Gasteiger partial charge in [-0.1, -0.05) is 18.2 Å². The maximum atomic E-state index is 13.4. The van der Waals surface area contributed by atoms with Gasteiger partial charge in [-0.2, -0.15) is 0 Å². The summed E-state index contributed by atoms with van der Waals surface area (Å²) in [6, 6.07) is 11.0. The van der Waals surface area contributed by atoms with Crippen molar-refractivity contribution in [1.82, 2.24) is 5.32 Å². The second kappa shape index (κ2) is 7.86. The number of carboxylic acid groups (broad SMARTS) is 1. The SMILES string of the molecule is O=C(O)CC(CC(=O)NCc1ccc2c(c1)OCO2)c1cccc(F)c1. The van der Waals surface area contributed by atoms with Gasteiger partial charge < -0.3 is 19.9 Å². The van der Waals surface area contributed by atoms with Crippen LogP contribution in [0.5, 0.6) is 11.5 Å². The molecule has 3 rings (SSSR count). The van der Waals surface area contributed by atoms with E-state index < -0.39 is 17.7 Å². The summed E-state index contributed by atoms with van der Waals surface area (Å²) < 4.78 is 23.9. The zero-order chi connectivity index (χ0) is 18.5. The molecule has 26 heavy (non-hydrogen) atoms. The molecule has 1 amide bonds. The number of benzene rings is 2. The second-order valence-electron chi connectivity index (χ2n) is 6.02. The van der Waals surface area contributed by atoms with Gasteiger partial charge in [0.1, 0.15) is 5.82 Å². The molecule has 1 aliphatic heterocycles. The number of carbonyl (C=O) groups is 2. The van der Waals surface area contributed by atoms with Crippen LogP contribution in [0.3, 0.4) is 0 Å². The molecule has 0 aliphatic carbocycles. The van der Waals surface area contributed by atoms with Crippen molar-refractivity contribution in [3.05, 3.63) is 59.4 Å². The van der Waals surface area contributed by atoms with E-state index >= 15 is 0 Å². The van der Waals surface area contributed by atoms with Crippen molar-refractivity contribution in [2.45, 2.75) is 25.3 Å². The fraction of sp³-hybridized carbons (Fsp3) is 0.263. The summed E-state index contributed by atoms with van der Waals surface area (Å²) in [5.74, 6) is -1.12. The molecule has 0 fully saturated rings. The molecule has 0 saturated carbocycles. The first-order valence-corrected chi connectivity index (χ1v) is 8.14. The summed E-state index contributed by atoms with van der Waals surface area (Å²) in [6.07, 6.45) is -0.290. The van der Waals surface area contributed by atoms with Gasteiger partial charge in [0.2, 0.25) is 12.7 Å². The van der Waals surface area contributed by atoms with E-state index in [0.717, 1.165) is 5.56 Å². The fourth-order valence-electron chi connectivity index (χ4n) is 2.83. The third-order valence-corrected chi connectivity index (χ3v) is 4.10. The van der Waals surface area contributed by atoms with Gasteiger partial charge in [0.05, 0.1) is 6.42 Å². The number of nitrogens with one attached hydrogen (secondary N) is 1. The van der Waals surface area contributed by atoms with E-state index in [-0.39, 0.29) is 32.1 Å². The zero-order valence-electron chi connectivity index (χ0n) is 13.9. The number of hydrogen-bond acceptors (Lipinski definition) is 4. The molecule has 7 heteroatoms. The molecule has 1 unspecified atom stereocenters. The van der Waals surface area contributed by atoms with E-state index in [1.165, 1.54) is 18.2 Å². The molecule has 1 heterocycles. The Hall–Kier alpha value is -3.09. The summed E-state index contributed by atoms with van der Waals surface area (Å²) >= 11 is 0. The molecule has 1 aliphatic rings. The van der Waals surface area contributed by atoms with E-state index in [1.807, 2.05) is 6.07 Å². The van der Waals surface area contributed by atoms with Gasteiger partial charge in [0.25, 0.3) is 0 Å². The maximum absolute atomic E-state index is 13.4. The van der Waals surface area contributed by atoms with E-state index in [0.29, 0.717) is 17.1 Å². The van der Waals surface area contributed by atoms with Gasteiger partial charge in [0.15, 0.2) is 11.5 Å². The Morgan fingerprint density at radius 1 is 1.12 bits per heavy atom. The predicted molar refractivity (Wildman–Crippen MR) is 90.4 cm³/mol. The first kappa shape index (κ1) is 17.7. The Morgan fingerprint density at radius 3 is 2.69 bits per heavy atom. The third kappa shape index (κ3) is 4.50. The maximum Gasteiger partial charge on any atom is 0.303 e.